The number of ether oxygens (including phenoxy) is 2. The number of amides is 2. The van der Waals surface area contributed by atoms with Gasteiger partial charge in [0, 0.05) is 12.8 Å². The van der Waals surface area contributed by atoms with Gasteiger partial charge in [-0.1, -0.05) is 90.5 Å². The third kappa shape index (κ3) is 8.30. The second kappa shape index (κ2) is 12.9. The van der Waals surface area contributed by atoms with Crippen LogP contribution >= 0.6 is 0 Å². The molecule has 3 rings (SSSR count). The fourth-order valence-electron chi connectivity index (χ4n) is 3.53. The Morgan fingerprint density at radius 1 is 0.714 bits per heavy atom. The Hall–Kier alpha value is -4.13. The number of carbonyl (C=O) groups excluding carboxylic acids is 3. The molecule has 0 aliphatic heterocycles. The molecule has 0 heterocycles. The van der Waals surface area contributed by atoms with Crippen LogP contribution in [0.1, 0.15) is 22.3 Å². The molecule has 2 N–H and O–H groups in total. The highest BCUT2D eigenvalue weighted by Crippen LogP contribution is 2.10. The van der Waals surface area contributed by atoms with Crippen molar-refractivity contribution in [2.45, 2.75) is 38.5 Å². The average molecular weight is 475 g/mol. The van der Waals surface area contributed by atoms with Gasteiger partial charge < -0.3 is 20.1 Å². The highest BCUT2D eigenvalue weighted by atomic mass is 16.5. The Morgan fingerprint density at radius 3 is 1.86 bits per heavy atom. The zero-order chi connectivity index (χ0) is 25.0. The summed E-state index contributed by atoms with van der Waals surface area (Å²) in [6, 6.07) is 24.4. The van der Waals surface area contributed by atoms with Crippen molar-refractivity contribution in [3.05, 3.63) is 107 Å². The number of hydrogen-bond donors (Lipinski definition) is 2. The van der Waals surface area contributed by atoms with Gasteiger partial charge in [-0.2, -0.15) is 0 Å². The summed E-state index contributed by atoms with van der Waals surface area (Å²) < 4.78 is 10.2. The zero-order valence-electron chi connectivity index (χ0n) is 19.9. The topological polar surface area (TPSA) is 93.7 Å². The van der Waals surface area contributed by atoms with Crippen molar-refractivity contribution < 1.29 is 23.9 Å². The molecule has 0 saturated heterocycles. The smallest absolute Gasteiger partial charge is 0.408 e. The van der Waals surface area contributed by atoms with Crippen molar-refractivity contribution in [3.63, 3.8) is 0 Å². The number of nitrogens with one attached hydrogen (secondary N) is 2. The molecule has 35 heavy (non-hydrogen) atoms. The average Bonchev–Trinajstić information content (AvgIpc) is 2.88. The van der Waals surface area contributed by atoms with Crippen molar-refractivity contribution in [2.75, 3.05) is 7.11 Å². The largest absolute Gasteiger partial charge is 0.467 e. The molecule has 3 aromatic carbocycles. The summed E-state index contributed by atoms with van der Waals surface area (Å²) in [5.74, 6) is -1.07. The lowest BCUT2D eigenvalue weighted by Crippen LogP contribution is -2.53. The summed E-state index contributed by atoms with van der Waals surface area (Å²) in [6.45, 7) is 2.05. The molecular formula is C28H30N2O5. The van der Waals surface area contributed by atoms with E-state index in [4.69, 9.17) is 9.47 Å². The van der Waals surface area contributed by atoms with E-state index in [1.54, 1.807) is 0 Å². The molecule has 0 bridgehead atoms. The quantitative estimate of drug-likeness (QED) is 0.437. The molecule has 0 spiro atoms. The van der Waals surface area contributed by atoms with E-state index in [2.05, 4.69) is 10.6 Å². The van der Waals surface area contributed by atoms with Crippen LogP contribution in [0.2, 0.25) is 0 Å². The number of methoxy groups -OCH3 is 1. The van der Waals surface area contributed by atoms with E-state index in [0.29, 0.717) is 0 Å². The SMILES string of the molecule is COC(=O)[C@@H](Cc1ccc(C)cc1)NC(=O)[C@@H](Cc1ccccc1)NC(=O)OCc1ccccc1. The molecule has 0 aliphatic rings. The summed E-state index contributed by atoms with van der Waals surface area (Å²) in [7, 11) is 1.28. The normalized spacial score (nSPS) is 12.2. The Balaban J connectivity index is 1.71. The van der Waals surface area contributed by atoms with Crippen LogP contribution < -0.4 is 10.6 Å². The van der Waals surface area contributed by atoms with Crippen molar-refractivity contribution in [1.82, 2.24) is 10.6 Å². The van der Waals surface area contributed by atoms with Gasteiger partial charge in [0.05, 0.1) is 7.11 Å². The van der Waals surface area contributed by atoms with Crippen LogP contribution in [-0.2, 0) is 38.5 Å². The molecule has 7 heteroatoms. The molecule has 0 aliphatic carbocycles. The molecule has 0 unspecified atom stereocenters. The molecule has 182 valence electrons. The maximum absolute atomic E-state index is 13.2. The first-order chi connectivity index (χ1) is 16.9. The fourth-order valence-corrected chi connectivity index (χ4v) is 3.53. The van der Waals surface area contributed by atoms with E-state index in [0.717, 1.165) is 22.3 Å². The van der Waals surface area contributed by atoms with Gasteiger partial charge in [0.1, 0.15) is 18.7 Å². The first-order valence-electron chi connectivity index (χ1n) is 11.4. The molecule has 3 aromatic rings. The van der Waals surface area contributed by atoms with Gasteiger partial charge in [-0.3, -0.25) is 4.79 Å². The molecule has 7 nitrogen and oxygen atoms in total. The van der Waals surface area contributed by atoms with Crippen LogP contribution in [0.15, 0.2) is 84.9 Å². The van der Waals surface area contributed by atoms with Crippen LogP contribution in [0.4, 0.5) is 4.79 Å². The number of rotatable bonds is 10. The number of hydrogen-bond acceptors (Lipinski definition) is 5. The highest BCUT2D eigenvalue weighted by Gasteiger charge is 2.28. The maximum atomic E-state index is 13.2. The van der Waals surface area contributed by atoms with Crippen molar-refractivity contribution in [1.29, 1.82) is 0 Å². The standard InChI is InChI=1S/C28H30N2O5/c1-20-13-15-22(16-14-20)18-25(27(32)34-2)29-26(31)24(17-21-9-5-3-6-10-21)30-28(33)35-19-23-11-7-4-8-12-23/h3-16,24-25H,17-19H2,1-2H3,(H,29,31)(H,30,33)/t24-,25-/m1/s1. The van der Waals surface area contributed by atoms with Gasteiger partial charge >= 0.3 is 12.1 Å². The third-order valence-electron chi connectivity index (χ3n) is 5.47. The van der Waals surface area contributed by atoms with Gasteiger partial charge in [0.25, 0.3) is 0 Å². The van der Waals surface area contributed by atoms with Crippen LogP contribution in [0.25, 0.3) is 0 Å². The molecular weight excluding hydrogens is 444 g/mol. The van der Waals surface area contributed by atoms with Gasteiger partial charge in [-0.15, -0.1) is 0 Å². The van der Waals surface area contributed by atoms with Gasteiger partial charge in [-0.05, 0) is 23.6 Å². The number of carbonyl (C=O) groups is 3. The van der Waals surface area contributed by atoms with Crippen LogP contribution in [0, 0.1) is 6.92 Å². The minimum absolute atomic E-state index is 0.0740. The highest BCUT2D eigenvalue weighted by molar-refractivity contribution is 5.90. The number of benzene rings is 3. The fraction of sp³-hybridized carbons (Fsp3) is 0.250. The molecule has 2 atom stereocenters. The lowest BCUT2D eigenvalue weighted by atomic mass is 10.0. The first kappa shape index (κ1) is 25.5. The number of alkyl carbamates (subject to hydrolysis) is 1. The maximum Gasteiger partial charge on any atom is 0.408 e. The van der Waals surface area contributed by atoms with E-state index in [9.17, 15) is 14.4 Å². The van der Waals surface area contributed by atoms with E-state index >= 15 is 0 Å². The molecule has 0 aromatic heterocycles. The van der Waals surface area contributed by atoms with Gasteiger partial charge in [0.2, 0.25) is 5.91 Å². The Kier molecular flexibility index (Phi) is 9.42. The van der Waals surface area contributed by atoms with Gasteiger partial charge in [-0.25, -0.2) is 9.59 Å². The Labute approximate surface area is 205 Å². The van der Waals surface area contributed by atoms with Gasteiger partial charge in [0.15, 0.2) is 0 Å². The second-order valence-corrected chi connectivity index (χ2v) is 8.22. The van der Waals surface area contributed by atoms with Crippen LogP contribution in [-0.4, -0.2) is 37.2 Å². The molecule has 2 amide bonds. The minimum Gasteiger partial charge on any atom is -0.467 e. The third-order valence-corrected chi connectivity index (χ3v) is 5.47. The van der Waals surface area contributed by atoms with Crippen molar-refractivity contribution in [3.8, 4) is 0 Å². The zero-order valence-corrected chi connectivity index (χ0v) is 19.9. The summed E-state index contributed by atoms with van der Waals surface area (Å²) in [5, 5.41) is 5.39. The summed E-state index contributed by atoms with van der Waals surface area (Å²) in [5.41, 5.74) is 3.65. The van der Waals surface area contributed by atoms with E-state index in [1.807, 2.05) is 91.9 Å². The number of esters is 1. The Morgan fingerprint density at radius 2 is 1.26 bits per heavy atom. The lowest BCUT2D eigenvalue weighted by Gasteiger charge is -2.22. The molecule has 0 saturated carbocycles. The van der Waals surface area contributed by atoms with Crippen LogP contribution in [0.3, 0.4) is 0 Å². The lowest BCUT2D eigenvalue weighted by molar-refractivity contribution is -0.145. The van der Waals surface area contributed by atoms with E-state index < -0.39 is 30.1 Å². The van der Waals surface area contributed by atoms with Crippen molar-refractivity contribution >= 4 is 18.0 Å². The van der Waals surface area contributed by atoms with E-state index in [1.165, 1.54) is 7.11 Å². The Bertz CT molecular complexity index is 1100. The monoisotopic (exact) mass is 474 g/mol. The second-order valence-electron chi connectivity index (χ2n) is 8.22. The van der Waals surface area contributed by atoms with Crippen LogP contribution in [0.5, 0.6) is 0 Å². The molecule has 0 radical (unpaired) electrons. The first-order valence-corrected chi connectivity index (χ1v) is 11.4. The minimum atomic E-state index is -0.953. The predicted octanol–water partition coefficient (Wildman–Crippen LogP) is 3.73. The van der Waals surface area contributed by atoms with E-state index in [-0.39, 0.29) is 19.4 Å². The van der Waals surface area contributed by atoms with Crippen molar-refractivity contribution in [2.24, 2.45) is 0 Å². The molecule has 0 fully saturated rings. The summed E-state index contributed by atoms with van der Waals surface area (Å²) >= 11 is 0. The summed E-state index contributed by atoms with van der Waals surface area (Å²) in [4.78, 5) is 38.2. The summed E-state index contributed by atoms with van der Waals surface area (Å²) in [6.07, 6.45) is -0.237. The number of aryl methyl sites for hydroxylation is 1. The predicted molar refractivity (Wildman–Crippen MR) is 133 cm³/mol.